The first kappa shape index (κ1) is 23.4. The highest BCUT2D eigenvalue weighted by molar-refractivity contribution is 7.90. The van der Waals surface area contributed by atoms with Gasteiger partial charge in [0.05, 0.1) is 11.5 Å². The number of guanidine groups is 1. The highest BCUT2D eigenvalue weighted by Gasteiger charge is 2.11. The second-order valence-corrected chi connectivity index (χ2v) is 9.12. The molecular weight excluding hydrogens is 362 g/mol. The van der Waals surface area contributed by atoms with Crippen LogP contribution in [0.25, 0.3) is 0 Å². The normalized spacial score (nSPS) is 12.4. The van der Waals surface area contributed by atoms with Gasteiger partial charge >= 0.3 is 0 Å². The van der Waals surface area contributed by atoms with Crippen LogP contribution in [0.15, 0.2) is 35.3 Å². The van der Waals surface area contributed by atoms with Crippen molar-refractivity contribution in [1.82, 2.24) is 10.6 Å². The molecule has 1 rings (SSSR count). The Morgan fingerprint density at radius 2 is 1.89 bits per heavy atom. The molecule has 0 unspecified atom stereocenters. The molecular formula is C20H35N3O3S. The Morgan fingerprint density at radius 1 is 1.15 bits per heavy atom. The average molecular weight is 398 g/mol. The molecule has 0 spiro atoms. The third kappa shape index (κ3) is 12.4. The molecule has 6 nitrogen and oxygen atoms in total. The SMILES string of the molecule is CCNC(=NCCCS(=O)(=O)Cc1ccccc1)NCCCOCC(C)C. The molecule has 27 heavy (non-hydrogen) atoms. The Bertz CT molecular complexity index is 631. The molecule has 0 aromatic heterocycles. The number of benzene rings is 1. The molecule has 0 aliphatic rings. The fourth-order valence-corrected chi connectivity index (χ4v) is 3.83. The zero-order chi connectivity index (χ0) is 20.0. The minimum Gasteiger partial charge on any atom is -0.381 e. The van der Waals surface area contributed by atoms with Crippen LogP contribution in [0.1, 0.15) is 39.2 Å². The van der Waals surface area contributed by atoms with Crippen LogP contribution in [0.2, 0.25) is 0 Å². The van der Waals surface area contributed by atoms with E-state index in [1.807, 2.05) is 37.3 Å². The van der Waals surface area contributed by atoms with E-state index in [1.54, 1.807) is 0 Å². The summed E-state index contributed by atoms with van der Waals surface area (Å²) in [6.45, 7) is 9.80. The summed E-state index contributed by atoms with van der Waals surface area (Å²) in [7, 11) is -3.11. The number of ether oxygens (including phenoxy) is 1. The van der Waals surface area contributed by atoms with Crippen molar-refractivity contribution in [2.45, 2.75) is 39.4 Å². The predicted molar refractivity (Wildman–Crippen MR) is 113 cm³/mol. The Kier molecular flexibility index (Phi) is 11.8. The number of nitrogens with one attached hydrogen (secondary N) is 2. The van der Waals surface area contributed by atoms with Crippen molar-refractivity contribution < 1.29 is 13.2 Å². The van der Waals surface area contributed by atoms with Crippen molar-refractivity contribution in [3.8, 4) is 0 Å². The lowest BCUT2D eigenvalue weighted by molar-refractivity contribution is 0.108. The van der Waals surface area contributed by atoms with E-state index in [9.17, 15) is 8.42 Å². The first-order valence-corrected chi connectivity index (χ1v) is 11.6. The van der Waals surface area contributed by atoms with Crippen molar-refractivity contribution in [1.29, 1.82) is 0 Å². The van der Waals surface area contributed by atoms with Gasteiger partial charge in [0.15, 0.2) is 15.8 Å². The van der Waals surface area contributed by atoms with Crippen molar-refractivity contribution in [3.63, 3.8) is 0 Å². The third-order valence-corrected chi connectivity index (χ3v) is 5.35. The molecule has 0 saturated carbocycles. The number of nitrogens with zero attached hydrogens (tertiary/aromatic N) is 1. The van der Waals surface area contributed by atoms with Gasteiger partial charge in [0.1, 0.15) is 0 Å². The van der Waals surface area contributed by atoms with Crippen LogP contribution in [0, 0.1) is 5.92 Å². The van der Waals surface area contributed by atoms with Gasteiger partial charge in [-0.05, 0) is 31.2 Å². The van der Waals surface area contributed by atoms with Crippen LogP contribution in [-0.4, -0.2) is 53.0 Å². The van der Waals surface area contributed by atoms with Crippen molar-refractivity contribution in [2.75, 3.05) is 38.6 Å². The van der Waals surface area contributed by atoms with Crippen LogP contribution in [0.3, 0.4) is 0 Å². The summed E-state index contributed by atoms with van der Waals surface area (Å²) in [5, 5.41) is 6.43. The Labute approximate surface area is 164 Å². The Morgan fingerprint density at radius 3 is 2.56 bits per heavy atom. The fraction of sp³-hybridized carbons (Fsp3) is 0.650. The van der Waals surface area contributed by atoms with Gasteiger partial charge in [0.2, 0.25) is 0 Å². The van der Waals surface area contributed by atoms with E-state index >= 15 is 0 Å². The number of rotatable bonds is 13. The molecule has 0 atom stereocenters. The molecule has 1 aromatic rings. The zero-order valence-electron chi connectivity index (χ0n) is 16.9. The summed E-state index contributed by atoms with van der Waals surface area (Å²) in [4.78, 5) is 4.46. The maximum absolute atomic E-state index is 12.2. The van der Waals surface area contributed by atoms with E-state index < -0.39 is 9.84 Å². The molecule has 0 aliphatic carbocycles. The van der Waals surface area contributed by atoms with Gasteiger partial charge in [-0.1, -0.05) is 44.2 Å². The van der Waals surface area contributed by atoms with Crippen LogP contribution in [-0.2, 0) is 20.3 Å². The maximum atomic E-state index is 12.2. The van der Waals surface area contributed by atoms with Gasteiger partial charge in [-0.25, -0.2) is 8.42 Å². The molecule has 0 radical (unpaired) electrons. The Hall–Kier alpha value is -1.60. The van der Waals surface area contributed by atoms with E-state index in [1.165, 1.54) is 0 Å². The molecule has 0 aliphatic heterocycles. The van der Waals surface area contributed by atoms with Gasteiger partial charge in [-0.15, -0.1) is 0 Å². The molecule has 7 heteroatoms. The molecule has 0 bridgehead atoms. The van der Waals surface area contributed by atoms with Gasteiger partial charge in [0, 0.05) is 32.8 Å². The molecule has 154 valence electrons. The molecule has 0 amide bonds. The second kappa shape index (κ2) is 13.6. The largest absolute Gasteiger partial charge is 0.381 e. The van der Waals surface area contributed by atoms with Gasteiger partial charge < -0.3 is 15.4 Å². The van der Waals surface area contributed by atoms with E-state index in [4.69, 9.17) is 4.74 Å². The smallest absolute Gasteiger partial charge is 0.191 e. The molecule has 0 heterocycles. The first-order chi connectivity index (χ1) is 12.9. The lowest BCUT2D eigenvalue weighted by Crippen LogP contribution is -2.38. The monoisotopic (exact) mass is 397 g/mol. The quantitative estimate of drug-likeness (QED) is 0.304. The van der Waals surface area contributed by atoms with E-state index in [0.29, 0.717) is 18.9 Å². The zero-order valence-corrected chi connectivity index (χ0v) is 17.7. The summed E-state index contributed by atoms with van der Waals surface area (Å²) < 4.78 is 29.9. The lowest BCUT2D eigenvalue weighted by Gasteiger charge is -2.12. The maximum Gasteiger partial charge on any atom is 0.191 e. The fourth-order valence-electron chi connectivity index (χ4n) is 2.42. The minimum absolute atomic E-state index is 0.0895. The van der Waals surface area contributed by atoms with E-state index in [0.717, 1.165) is 44.2 Å². The molecule has 0 saturated heterocycles. The van der Waals surface area contributed by atoms with Crippen molar-refractivity contribution >= 4 is 15.8 Å². The van der Waals surface area contributed by atoms with Crippen molar-refractivity contribution in [3.05, 3.63) is 35.9 Å². The van der Waals surface area contributed by atoms with Gasteiger partial charge in [-0.2, -0.15) is 0 Å². The van der Waals surface area contributed by atoms with Gasteiger partial charge in [-0.3, -0.25) is 4.99 Å². The molecule has 1 aromatic carbocycles. The van der Waals surface area contributed by atoms with E-state index in [-0.39, 0.29) is 11.5 Å². The number of aliphatic imine (C=N–C) groups is 1. The summed E-state index contributed by atoms with van der Waals surface area (Å²) in [5.41, 5.74) is 0.829. The lowest BCUT2D eigenvalue weighted by atomic mass is 10.2. The number of hydrogen-bond acceptors (Lipinski definition) is 4. The van der Waals surface area contributed by atoms with Crippen molar-refractivity contribution in [2.24, 2.45) is 10.9 Å². The second-order valence-electron chi connectivity index (χ2n) is 6.94. The van der Waals surface area contributed by atoms with Crippen LogP contribution >= 0.6 is 0 Å². The van der Waals surface area contributed by atoms with Crippen LogP contribution < -0.4 is 10.6 Å². The number of sulfone groups is 1. The summed E-state index contributed by atoms with van der Waals surface area (Å²) in [5.74, 6) is 1.51. The summed E-state index contributed by atoms with van der Waals surface area (Å²) in [6.07, 6.45) is 1.42. The van der Waals surface area contributed by atoms with Crippen LogP contribution in [0.5, 0.6) is 0 Å². The van der Waals surface area contributed by atoms with Gasteiger partial charge in [0.25, 0.3) is 0 Å². The molecule has 0 fully saturated rings. The van der Waals surface area contributed by atoms with E-state index in [2.05, 4.69) is 29.5 Å². The highest BCUT2D eigenvalue weighted by Crippen LogP contribution is 2.07. The average Bonchev–Trinajstić information content (AvgIpc) is 2.61. The molecule has 2 N–H and O–H groups in total. The topological polar surface area (TPSA) is 79.8 Å². The minimum atomic E-state index is -3.11. The van der Waals surface area contributed by atoms with Crippen LogP contribution in [0.4, 0.5) is 0 Å². The standard InChI is InChI=1S/C20H35N3O3S/c1-4-21-20(22-12-8-14-26-16-18(2)3)23-13-9-15-27(24,25)17-19-10-6-5-7-11-19/h5-7,10-11,18H,4,8-9,12-17H2,1-3H3,(H2,21,22,23). The first-order valence-electron chi connectivity index (χ1n) is 9.77. The Balaban J connectivity index is 2.29. The summed E-state index contributed by atoms with van der Waals surface area (Å²) >= 11 is 0. The highest BCUT2D eigenvalue weighted by atomic mass is 32.2. The number of hydrogen-bond donors (Lipinski definition) is 2. The summed E-state index contributed by atoms with van der Waals surface area (Å²) in [6, 6.07) is 9.28. The third-order valence-electron chi connectivity index (χ3n) is 3.67. The predicted octanol–water partition coefficient (Wildman–Crippen LogP) is 2.61.